The Hall–Kier alpha value is -3.41. The zero-order valence-electron chi connectivity index (χ0n) is 50.3. The Bertz CT molecular complexity index is 1450. The highest BCUT2D eigenvalue weighted by Gasteiger charge is 2.19. The average Bonchev–Trinajstić information content (AvgIpc) is 3.42. The number of hydrogen-bond acceptors (Lipinski definition) is 6. The Morgan fingerprint density at radius 2 is 0.487 bits per heavy atom. The zero-order valence-corrected chi connectivity index (χ0v) is 50.3. The van der Waals surface area contributed by atoms with Crippen LogP contribution in [0.2, 0.25) is 0 Å². The van der Waals surface area contributed by atoms with Crippen LogP contribution in [0, 0.1) is 0 Å². The van der Waals surface area contributed by atoms with Crippen LogP contribution >= 0.6 is 0 Å². The summed E-state index contributed by atoms with van der Waals surface area (Å²) in [5, 5.41) is 0. The van der Waals surface area contributed by atoms with Crippen molar-refractivity contribution in [3.05, 3.63) is 85.1 Å². The van der Waals surface area contributed by atoms with E-state index in [1.54, 1.807) is 0 Å². The summed E-state index contributed by atoms with van der Waals surface area (Å²) in [6, 6.07) is 0. The molecule has 0 fully saturated rings. The fourth-order valence-electron chi connectivity index (χ4n) is 9.14. The molecule has 0 heterocycles. The van der Waals surface area contributed by atoms with Crippen LogP contribution in [0.15, 0.2) is 85.1 Å². The third kappa shape index (κ3) is 61.4. The predicted octanol–water partition coefficient (Wildman–Crippen LogP) is 22.3. The van der Waals surface area contributed by atoms with Crippen LogP contribution in [-0.4, -0.2) is 37.2 Å². The summed E-state index contributed by atoms with van der Waals surface area (Å²) in [5.41, 5.74) is 0. The number of carbonyl (C=O) groups is 3. The second kappa shape index (κ2) is 64.1. The first-order valence-electron chi connectivity index (χ1n) is 32.6. The van der Waals surface area contributed by atoms with Crippen molar-refractivity contribution < 1.29 is 28.6 Å². The molecule has 0 aliphatic carbocycles. The molecule has 0 aromatic rings. The molecule has 0 saturated carbocycles. The maximum Gasteiger partial charge on any atom is 0.306 e. The number of ether oxygens (including phenoxy) is 3. The van der Waals surface area contributed by atoms with E-state index in [0.717, 1.165) is 96.3 Å². The van der Waals surface area contributed by atoms with Crippen LogP contribution < -0.4 is 0 Å². The lowest BCUT2D eigenvalue weighted by molar-refractivity contribution is -0.167. The summed E-state index contributed by atoms with van der Waals surface area (Å²) in [5.74, 6) is -0.894. The topological polar surface area (TPSA) is 78.9 Å². The quantitative estimate of drug-likeness (QED) is 0.0261. The van der Waals surface area contributed by atoms with Gasteiger partial charge in [0.05, 0.1) is 0 Å². The van der Waals surface area contributed by atoms with Crippen LogP contribution in [0.4, 0.5) is 0 Å². The van der Waals surface area contributed by atoms with Gasteiger partial charge in [0.2, 0.25) is 0 Å². The first kappa shape index (κ1) is 72.6. The highest BCUT2D eigenvalue weighted by atomic mass is 16.6. The van der Waals surface area contributed by atoms with Crippen LogP contribution in [0.3, 0.4) is 0 Å². The normalized spacial score (nSPS) is 12.6. The van der Waals surface area contributed by atoms with Gasteiger partial charge in [-0.1, -0.05) is 273 Å². The van der Waals surface area contributed by atoms with Gasteiger partial charge in [-0.3, -0.25) is 14.4 Å². The van der Waals surface area contributed by atoms with Crippen molar-refractivity contribution >= 4 is 17.9 Å². The lowest BCUT2D eigenvalue weighted by atomic mass is 10.0. The molecule has 0 N–H and O–H groups in total. The van der Waals surface area contributed by atoms with E-state index in [-0.39, 0.29) is 31.1 Å². The Kier molecular flexibility index (Phi) is 61.2. The molecule has 0 aromatic heterocycles. The van der Waals surface area contributed by atoms with Gasteiger partial charge in [0.1, 0.15) is 13.2 Å². The van der Waals surface area contributed by atoms with E-state index >= 15 is 0 Å². The average molecular weight is 1060 g/mol. The summed E-state index contributed by atoms with van der Waals surface area (Å²) >= 11 is 0. The Balaban J connectivity index is 4.34. The summed E-state index contributed by atoms with van der Waals surface area (Å²) < 4.78 is 16.9. The molecule has 6 nitrogen and oxygen atoms in total. The number of rotatable bonds is 59. The first-order chi connectivity index (χ1) is 37.5. The lowest BCUT2D eigenvalue weighted by Gasteiger charge is -2.18. The van der Waals surface area contributed by atoms with E-state index in [2.05, 4.69) is 106 Å². The van der Waals surface area contributed by atoms with E-state index in [9.17, 15) is 14.4 Å². The van der Waals surface area contributed by atoms with E-state index < -0.39 is 6.10 Å². The SMILES string of the molecule is CCCC/C=C\C/C=C\CCCCCCCC(=O)OCC(COC(=O)CCCCCCCCCCCC/C=C\C/C=C\C/C=C\CCCCCCC)OC(=O)CCCCCCCCCCC/C=C\C/C=C\CCCCC. The molecule has 1 atom stereocenters. The number of esters is 3. The lowest BCUT2D eigenvalue weighted by Crippen LogP contribution is -2.30. The first-order valence-corrected chi connectivity index (χ1v) is 32.6. The second-order valence-corrected chi connectivity index (χ2v) is 21.7. The van der Waals surface area contributed by atoms with Crippen molar-refractivity contribution in [3.63, 3.8) is 0 Å². The van der Waals surface area contributed by atoms with Crippen molar-refractivity contribution in [3.8, 4) is 0 Å². The highest BCUT2D eigenvalue weighted by Crippen LogP contribution is 2.16. The summed E-state index contributed by atoms with van der Waals surface area (Å²) in [6.07, 6.45) is 84.4. The predicted molar refractivity (Wildman–Crippen MR) is 330 cm³/mol. The van der Waals surface area contributed by atoms with Crippen molar-refractivity contribution in [1.82, 2.24) is 0 Å². The van der Waals surface area contributed by atoms with Gasteiger partial charge in [-0.05, 0) is 116 Å². The number of allylic oxidation sites excluding steroid dienone is 14. The Morgan fingerprint density at radius 3 is 0.803 bits per heavy atom. The van der Waals surface area contributed by atoms with Gasteiger partial charge in [0, 0.05) is 19.3 Å². The molecule has 0 radical (unpaired) electrons. The highest BCUT2D eigenvalue weighted by molar-refractivity contribution is 5.71. The minimum atomic E-state index is -0.788. The second-order valence-electron chi connectivity index (χ2n) is 21.7. The third-order valence-electron chi connectivity index (χ3n) is 14.1. The van der Waals surface area contributed by atoms with Crippen LogP contribution in [0.5, 0.6) is 0 Å². The summed E-state index contributed by atoms with van der Waals surface area (Å²) in [6.45, 7) is 6.58. The fraction of sp³-hybridized carbons (Fsp3) is 0.757. The van der Waals surface area contributed by atoms with Crippen molar-refractivity contribution in [1.29, 1.82) is 0 Å². The third-order valence-corrected chi connectivity index (χ3v) is 14.1. The van der Waals surface area contributed by atoms with E-state index in [1.807, 2.05) is 0 Å². The number of hydrogen-bond donors (Lipinski definition) is 0. The molecule has 438 valence electrons. The molecule has 6 heteroatoms. The zero-order chi connectivity index (χ0) is 55.0. The van der Waals surface area contributed by atoms with E-state index in [4.69, 9.17) is 14.2 Å². The minimum Gasteiger partial charge on any atom is -0.462 e. The maximum absolute atomic E-state index is 12.9. The molecule has 0 aromatic carbocycles. The van der Waals surface area contributed by atoms with Gasteiger partial charge in [-0.25, -0.2) is 0 Å². The van der Waals surface area contributed by atoms with Gasteiger partial charge in [0.25, 0.3) is 0 Å². The molecule has 0 rings (SSSR count). The van der Waals surface area contributed by atoms with E-state index in [1.165, 1.54) is 186 Å². The molecule has 0 spiro atoms. The van der Waals surface area contributed by atoms with Gasteiger partial charge < -0.3 is 14.2 Å². The molecule has 0 bridgehead atoms. The molecular formula is C70H122O6. The van der Waals surface area contributed by atoms with Crippen molar-refractivity contribution in [2.75, 3.05) is 13.2 Å². The van der Waals surface area contributed by atoms with Crippen LogP contribution in [0.1, 0.15) is 323 Å². The standard InChI is InChI=1S/C70H122O6/c1-4-7-10-13-16-19-22-25-28-30-32-33-34-35-36-37-39-40-42-45-48-51-54-57-60-63-69(72)75-66-67(65-74-68(71)62-59-56-53-50-47-44-27-24-21-18-15-12-9-6-3)76-70(73)64-61-58-55-52-49-46-43-41-38-31-29-26-23-20-17-14-11-8-5-2/h15,17-18,20,22,24-27,29-30,32,34-35,67H,4-14,16,19,21,23,28,31,33,36-66H2,1-3H3/b18-15-,20-17-,25-22-,27-24-,29-26-,32-30-,35-34-. The van der Waals surface area contributed by atoms with Gasteiger partial charge in [-0.15, -0.1) is 0 Å². The maximum atomic E-state index is 12.9. The minimum absolute atomic E-state index is 0.0840. The van der Waals surface area contributed by atoms with Gasteiger partial charge in [0.15, 0.2) is 6.10 Å². The van der Waals surface area contributed by atoms with Gasteiger partial charge >= 0.3 is 17.9 Å². The summed E-state index contributed by atoms with van der Waals surface area (Å²) in [4.78, 5) is 38.3. The van der Waals surface area contributed by atoms with Crippen molar-refractivity contribution in [2.45, 2.75) is 329 Å². The molecular weight excluding hydrogens is 937 g/mol. The summed E-state index contributed by atoms with van der Waals surface area (Å²) in [7, 11) is 0. The number of carbonyl (C=O) groups excluding carboxylic acids is 3. The monoisotopic (exact) mass is 1060 g/mol. The van der Waals surface area contributed by atoms with Crippen LogP contribution in [0.25, 0.3) is 0 Å². The smallest absolute Gasteiger partial charge is 0.306 e. The molecule has 1 unspecified atom stereocenters. The van der Waals surface area contributed by atoms with Gasteiger partial charge in [-0.2, -0.15) is 0 Å². The van der Waals surface area contributed by atoms with E-state index in [0.29, 0.717) is 19.3 Å². The Labute approximate surface area is 471 Å². The Morgan fingerprint density at radius 1 is 0.263 bits per heavy atom. The molecule has 76 heavy (non-hydrogen) atoms. The largest absolute Gasteiger partial charge is 0.462 e. The molecule has 0 amide bonds. The molecule has 0 saturated heterocycles. The molecule has 0 aliphatic heterocycles. The number of unbranched alkanes of at least 4 members (excludes halogenated alkanes) is 34. The van der Waals surface area contributed by atoms with Crippen molar-refractivity contribution in [2.24, 2.45) is 0 Å². The molecule has 0 aliphatic rings. The fourth-order valence-corrected chi connectivity index (χ4v) is 9.14. The van der Waals surface area contributed by atoms with Crippen LogP contribution in [-0.2, 0) is 28.6 Å².